The molecule has 0 heterocycles. The van der Waals surface area contributed by atoms with Gasteiger partial charge in [0, 0.05) is 18.7 Å². The van der Waals surface area contributed by atoms with E-state index in [4.69, 9.17) is 0 Å². The van der Waals surface area contributed by atoms with Crippen LogP contribution in [0.25, 0.3) is 10.8 Å². The number of carbonyl (C=O) groups excluding carboxylic acids is 1. The van der Waals surface area contributed by atoms with Gasteiger partial charge in [-0.2, -0.15) is 0 Å². The first kappa shape index (κ1) is 13.6. The molecule has 0 aliphatic rings. The molecule has 0 aliphatic heterocycles. The number of hydrogen-bond acceptors (Lipinski definition) is 1. The number of fused-ring (bicyclic) bond motifs is 1. The van der Waals surface area contributed by atoms with Crippen LogP contribution in [-0.2, 0) is 0 Å². The van der Waals surface area contributed by atoms with E-state index in [0.717, 1.165) is 36.9 Å². The van der Waals surface area contributed by atoms with E-state index < -0.39 is 0 Å². The van der Waals surface area contributed by atoms with Crippen LogP contribution in [0.2, 0.25) is 0 Å². The summed E-state index contributed by atoms with van der Waals surface area (Å²) in [5.74, 6) is 0.140. The molecule has 2 rings (SSSR count). The zero-order chi connectivity index (χ0) is 13.7. The van der Waals surface area contributed by atoms with Crippen LogP contribution in [0, 0.1) is 0 Å². The van der Waals surface area contributed by atoms with Crippen molar-refractivity contribution in [3.8, 4) is 0 Å². The van der Waals surface area contributed by atoms with Gasteiger partial charge in [-0.25, -0.2) is 0 Å². The molecule has 19 heavy (non-hydrogen) atoms. The Morgan fingerprint density at radius 1 is 1.05 bits per heavy atom. The first-order chi connectivity index (χ1) is 9.26. The van der Waals surface area contributed by atoms with Gasteiger partial charge >= 0.3 is 0 Å². The van der Waals surface area contributed by atoms with Gasteiger partial charge in [-0.15, -0.1) is 0 Å². The van der Waals surface area contributed by atoms with Crippen LogP contribution in [0.5, 0.6) is 0 Å². The predicted molar refractivity (Wildman–Crippen MR) is 80.4 cm³/mol. The van der Waals surface area contributed by atoms with E-state index in [0.29, 0.717) is 0 Å². The molecule has 100 valence electrons. The highest BCUT2D eigenvalue weighted by Gasteiger charge is 2.13. The van der Waals surface area contributed by atoms with Crippen molar-refractivity contribution in [3.63, 3.8) is 0 Å². The summed E-state index contributed by atoms with van der Waals surface area (Å²) >= 11 is 0. The third-order valence-corrected chi connectivity index (χ3v) is 3.45. The smallest absolute Gasteiger partial charge is 0.253 e. The molecule has 0 N–H and O–H groups in total. The van der Waals surface area contributed by atoms with Gasteiger partial charge in [-0.3, -0.25) is 4.79 Å². The molecular formula is C17H21NO. The number of nitrogens with zero attached hydrogens (tertiary/aromatic N) is 1. The van der Waals surface area contributed by atoms with Crippen LogP contribution in [0.4, 0.5) is 0 Å². The lowest BCUT2D eigenvalue weighted by Gasteiger charge is -2.20. The van der Waals surface area contributed by atoms with Crippen LogP contribution in [0.3, 0.4) is 0 Å². The van der Waals surface area contributed by atoms with E-state index in [-0.39, 0.29) is 5.91 Å². The maximum atomic E-state index is 12.5. The Balaban J connectivity index is 2.24. The molecule has 0 bridgehead atoms. The SMILES string of the molecule is CCCCN(CC)C(=O)c1ccc2ccccc2c1. The van der Waals surface area contributed by atoms with E-state index in [2.05, 4.69) is 19.1 Å². The largest absolute Gasteiger partial charge is 0.339 e. The van der Waals surface area contributed by atoms with Crippen LogP contribution in [-0.4, -0.2) is 23.9 Å². The standard InChI is InChI=1S/C17H21NO/c1-3-5-12-18(4-2)17(19)16-11-10-14-8-6-7-9-15(14)13-16/h6-11,13H,3-5,12H2,1-2H3. The maximum absolute atomic E-state index is 12.5. The Bertz CT molecular complexity index is 562. The molecule has 2 heteroatoms. The van der Waals surface area contributed by atoms with E-state index in [9.17, 15) is 4.79 Å². The number of unbranched alkanes of at least 4 members (excludes halogenated alkanes) is 1. The van der Waals surface area contributed by atoms with Crippen LogP contribution in [0.1, 0.15) is 37.0 Å². The van der Waals surface area contributed by atoms with Gasteiger partial charge in [0.1, 0.15) is 0 Å². The van der Waals surface area contributed by atoms with Crippen molar-refractivity contribution in [3.05, 3.63) is 48.0 Å². The van der Waals surface area contributed by atoms with E-state index in [1.807, 2.05) is 42.2 Å². The first-order valence-corrected chi connectivity index (χ1v) is 7.04. The van der Waals surface area contributed by atoms with Gasteiger partial charge in [0.15, 0.2) is 0 Å². The Morgan fingerprint density at radius 2 is 1.79 bits per heavy atom. The highest BCUT2D eigenvalue weighted by Crippen LogP contribution is 2.17. The van der Waals surface area contributed by atoms with Gasteiger partial charge in [0.25, 0.3) is 5.91 Å². The molecule has 2 aromatic rings. The molecule has 1 amide bonds. The highest BCUT2D eigenvalue weighted by molar-refractivity contribution is 5.98. The summed E-state index contributed by atoms with van der Waals surface area (Å²) in [6, 6.07) is 14.1. The monoisotopic (exact) mass is 255 g/mol. The molecule has 0 saturated carbocycles. The second-order valence-corrected chi connectivity index (χ2v) is 4.80. The second kappa shape index (κ2) is 6.37. The van der Waals surface area contributed by atoms with Crippen molar-refractivity contribution in [2.24, 2.45) is 0 Å². The van der Waals surface area contributed by atoms with Crippen molar-refractivity contribution in [1.82, 2.24) is 4.90 Å². The zero-order valence-electron chi connectivity index (χ0n) is 11.7. The third-order valence-electron chi connectivity index (χ3n) is 3.45. The van der Waals surface area contributed by atoms with Crippen molar-refractivity contribution in [2.75, 3.05) is 13.1 Å². The molecule has 2 nitrogen and oxygen atoms in total. The molecule has 0 atom stereocenters. The lowest BCUT2D eigenvalue weighted by molar-refractivity contribution is 0.0762. The molecule has 0 saturated heterocycles. The minimum Gasteiger partial charge on any atom is -0.339 e. The van der Waals surface area contributed by atoms with Crippen LogP contribution in [0.15, 0.2) is 42.5 Å². The number of amides is 1. The normalized spacial score (nSPS) is 10.6. The fourth-order valence-corrected chi connectivity index (χ4v) is 2.26. The van der Waals surface area contributed by atoms with E-state index >= 15 is 0 Å². The fourth-order valence-electron chi connectivity index (χ4n) is 2.26. The number of benzene rings is 2. The van der Waals surface area contributed by atoms with E-state index in [1.54, 1.807) is 0 Å². The number of rotatable bonds is 5. The minimum absolute atomic E-state index is 0.140. The maximum Gasteiger partial charge on any atom is 0.253 e. The van der Waals surface area contributed by atoms with Crippen LogP contribution >= 0.6 is 0 Å². The summed E-state index contributed by atoms with van der Waals surface area (Å²) in [4.78, 5) is 14.4. The molecule has 0 spiro atoms. The Labute approximate surface area is 115 Å². The Hall–Kier alpha value is -1.83. The predicted octanol–water partition coefficient (Wildman–Crippen LogP) is 4.10. The Kier molecular flexibility index (Phi) is 4.56. The number of carbonyl (C=O) groups is 1. The summed E-state index contributed by atoms with van der Waals surface area (Å²) in [7, 11) is 0. The quantitative estimate of drug-likeness (QED) is 0.787. The fraction of sp³-hybridized carbons (Fsp3) is 0.353. The molecule has 0 aliphatic carbocycles. The van der Waals surface area contributed by atoms with Crippen molar-refractivity contribution >= 4 is 16.7 Å². The first-order valence-electron chi connectivity index (χ1n) is 7.04. The van der Waals surface area contributed by atoms with Crippen molar-refractivity contribution < 1.29 is 4.79 Å². The van der Waals surface area contributed by atoms with Gasteiger partial charge in [-0.1, -0.05) is 43.7 Å². The number of hydrogen-bond donors (Lipinski definition) is 0. The lowest BCUT2D eigenvalue weighted by atomic mass is 10.1. The van der Waals surface area contributed by atoms with E-state index in [1.165, 1.54) is 5.39 Å². The molecular weight excluding hydrogens is 234 g/mol. The average molecular weight is 255 g/mol. The molecule has 0 aromatic heterocycles. The lowest BCUT2D eigenvalue weighted by Crippen LogP contribution is -2.31. The van der Waals surface area contributed by atoms with Crippen molar-refractivity contribution in [2.45, 2.75) is 26.7 Å². The summed E-state index contributed by atoms with van der Waals surface area (Å²) in [5, 5.41) is 2.30. The molecule has 0 fully saturated rings. The summed E-state index contributed by atoms with van der Waals surface area (Å²) in [5.41, 5.74) is 0.789. The third kappa shape index (κ3) is 3.14. The minimum atomic E-state index is 0.140. The highest BCUT2D eigenvalue weighted by atomic mass is 16.2. The molecule has 0 unspecified atom stereocenters. The summed E-state index contributed by atoms with van der Waals surface area (Å²) in [6.45, 7) is 5.80. The van der Waals surface area contributed by atoms with Gasteiger partial charge < -0.3 is 4.90 Å². The summed E-state index contributed by atoms with van der Waals surface area (Å²) < 4.78 is 0. The molecule has 0 radical (unpaired) electrons. The van der Waals surface area contributed by atoms with Gasteiger partial charge in [0.05, 0.1) is 0 Å². The van der Waals surface area contributed by atoms with Gasteiger partial charge in [0.2, 0.25) is 0 Å². The molecule has 2 aromatic carbocycles. The summed E-state index contributed by atoms with van der Waals surface area (Å²) in [6.07, 6.45) is 2.18. The second-order valence-electron chi connectivity index (χ2n) is 4.80. The Morgan fingerprint density at radius 3 is 2.47 bits per heavy atom. The van der Waals surface area contributed by atoms with Gasteiger partial charge in [-0.05, 0) is 36.2 Å². The topological polar surface area (TPSA) is 20.3 Å². The zero-order valence-corrected chi connectivity index (χ0v) is 11.7. The van der Waals surface area contributed by atoms with Crippen LogP contribution < -0.4 is 0 Å². The van der Waals surface area contributed by atoms with Crippen molar-refractivity contribution in [1.29, 1.82) is 0 Å². The average Bonchev–Trinajstić information content (AvgIpc) is 2.47.